The van der Waals surface area contributed by atoms with Crippen molar-refractivity contribution < 1.29 is 8.42 Å². The van der Waals surface area contributed by atoms with Gasteiger partial charge in [0.15, 0.2) is 0 Å². The van der Waals surface area contributed by atoms with Gasteiger partial charge in [-0.05, 0) is 38.1 Å². The van der Waals surface area contributed by atoms with Crippen LogP contribution in [0.1, 0.15) is 51.4 Å². The molecule has 0 aromatic heterocycles. The zero-order valence-corrected chi connectivity index (χ0v) is 11.2. The van der Waals surface area contributed by atoms with Crippen LogP contribution in [0.5, 0.6) is 0 Å². The highest BCUT2D eigenvalue weighted by atomic mass is 32.2. The van der Waals surface area contributed by atoms with Gasteiger partial charge in [0.25, 0.3) is 0 Å². The summed E-state index contributed by atoms with van der Waals surface area (Å²) in [7, 11) is -3.11. The van der Waals surface area contributed by atoms with Gasteiger partial charge in [0, 0.05) is 6.04 Å². The van der Waals surface area contributed by atoms with Gasteiger partial charge >= 0.3 is 0 Å². The van der Waals surface area contributed by atoms with Gasteiger partial charge in [-0.25, -0.2) is 13.1 Å². The van der Waals surface area contributed by atoms with E-state index in [1.807, 2.05) is 0 Å². The van der Waals surface area contributed by atoms with E-state index in [4.69, 9.17) is 5.73 Å². The molecule has 17 heavy (non-hydrogen) atoms. The Morgan fingerprint density at radius 2 is 1.59 bits per heavy atom. The summed E-state index contributed by atoms with van der Waals surface area (Å²) < 4.78 is 27.4. The molecule has 0 amide bonds. The number of nitrogens with one attached hydrogen (secondary N) is 1. The summed E-state index contributed by atoms with van der Waals surface area (Å²) in [4.78, 5) is 0. The Labute approximate surface area is 104 Å². The number of sulfonamides is 1. The first-order chi connectivity index (χ1) is 8.13. The van der Waals surface area contributed by atoms with Gasteiger partial charge in [-0.15, -0.1) is 0 Å². The van der Waals surface area contributed by atoms with Crippen LogP contribution in [-0.4, -0.2) is 26.3 Å². The summed E-state index contributed by atoms with van der Waals surface area (Å²) in [6.45, 7) is 0.595. The van der Waals surface area contributed by atoms with Crippen molar-refractivity contribution in [3.05, 3.63) is 0 Å². The second-order valence-electron chi connectivity index (χ2n) is 5.46. The molecule has 2 rings (SSSR count). The first-order valence-electron chi connectivity index (χ1n) is 6.84. The zero-order chi connectivity index (χ0) is 12.3. The van der Waals surface area contributed by atoms with Crippen LogP contribution in [-0.2, 0) is 10.0 Å². The standard InChI is InChI=1S/C12H24N2O2S/c13-9-10-5-1-4-8-12(10)14-17(15,16)11-6-2-3-7-11/h10-12,14H,1-9,13H2. The quantitative estimate of drug-likeness (QED) is 0.802. The highest BCUT2D eigenvalue weighted by Gasteiger charge is 2.33. The van der Waals surface area contributed by atoms with Crippen LogP contribution in [0, 0.1) is 5.92 Å². The molecule has 2 saturated carbocycles. The molecule has 2 atom stereocenters. The van der Waals surface area contributed by atoms with E-state index < -0.39 is 10.0 Å². The Morgan fingerprint density at radius 1 is 1.00 bits per heavy atom. The maximum atomic E-state index is 12.2. The van der Waals surface area contributed by atoms with Crippen molar-refractivity contribution in [1.29, 1.82) is 0 Å². The molecular formula is C12H24N2O2S. The van der Waals surface area contributed by atoms with Crippen LogP contribution in [0.4, 0.5) is 0 Å². The van der Waals surface area contributed by atoms with Gasteiger partial charge in [0.05, 0.1) is 5.25 Å². The maximum absolute atomic E-state index is 12.2. The Morgan fingerprint density at radius 3 is 2.24 bits per heavy atom. The molecule has 2 unspecified atom stereocenters. The van der Waals surface area contributed by atoms with Crippen molar-refractivity contribution in [3.63, 3.8) is 0 Å². The molecule has 0 aromatic carbocycles. The molecule has 0 heterocycles. The fraction of sp³-hybridized carbons (Fsp3) is 1.00. The molecule has 0 spiro atoms. The lowest BCUT2D eigenvalue weighted by Crippen LogP contribution is -2.47. The molecule has 0 bridgehead atoms. The molecule has 2 aliphatic carbocycles. The predicted molar refractivity (Wildman–Crippen MR) is 69.1 cm³/mol. The molecule has 100 valence electrons. The molecule has 0 radical (unpaired) electrons. The summed E-state index contributed by atoms with van der Waals surface area (Å²) in [5.74, 6) is 0.333. The van der Waals surface area contributed by atoms with Gasteiger partial charge in [-0.2, -0.15) is 0 Å². The zero-order valence-electron chi connectivity index (χ0n) is 10.4. The van der Waals surface area contributed by atoms with Crippen LogP contribution >= 0.6 is 0 Å². The molecule has 0 saturated heterocycles. The highest BCUT2D eigenvalue weighted by molar-refractivity contribution is 7.90. The lowest BCUT2D eigenvalue weighted by Gasteiger charge is -2.31. The van der Waals surface area contributed by atoms with Gasteiger partial charge in [0.1, 0.15) is 0 Å². The van der Waals surface area contributed by atoms with E-state index in [0.29, 0.717) is 12.5 Å². The molecule has 0 aliphatic heterocycles. The van der Waals surface area contributed by atoms with Crippen molar-refractivity contribution in [2.75, 3.05) is 6.54 Å². The van der Waals surface area contributed by atoms with Crippen molar-refractivity contribution in [1.82, 2.24) is 4.72 Å². The minimum Gasteiger partial charge on any atom is -0.330 e. The SMILES string of the molecule is NCC1CCCCC1NS(=O)(=O)C1CCCC1. The fourth-order valence-corrected chi connectivity index (χ4v) is 5.03. The lowest BCUT2D eigenvalue weighted by atomic mass is 9.85. The van der Waals surface area contributed by atoms with Gasteiger partial charge in [-0.1, -0.05) is 25.7 Å². The molecule has 5 heteroatoms. The average Bonchev–Trinajstić information content (AvgIpc) is 2.83. The van der Waals surface area contributed by atoms with E-state index in [1.54, 1.807) is 0 Å². The third kappa shape index (κ3) is 3.20. The minimum atomic E-state index is -3.11. The monoisotopic (exact) mass is 260 g/mol. The van der Waals surface area contributed by atoms with E-state index >= 15 is 0 Å². The number of rotatable bonds is 4. The summed E-state index contributed by atoms with van der Waals surface area (Å²) >= 11 is 0. The second kappa shape index (κ2) is 5.67. The number of hydrogen-bond donors (Lipinski definition) is 2. The lowest BCUT2D eigenvalue weighted by molar-refractivity contribution is 0.295. The van der Waals surface area contributed by atoms with Crippen molar-refractivity contribution in [2.24, 2.45) is 11.7 Å². The summed E-state index contributed by atoms with van der Waals surface area (Å²) in [6.07, 6.45) is 8.08. The van der Waals surface area contributed by atoms with Crippen molar-refractivity contribution in [2.45, 2.75) is 62.7 Å². The smallest absolute Gasteiger partial charge is 0.214 e. The molecule has 2 aliphatic rings. The van der Waals surface area contributed by atoms with Gasteiger partial charge in [0.2, 0.25) is 10.0 Å². The third-order valence-corrected chi connectivity index (χ3v) is 6.25. The van der Waals surface area contributed by atoms with Crippen molar-refractivity contribution >= 4 is 10.0 Å². The van der Waals surface area contributed by atoms with Gasteiger partial charge in [-0.3, -0.25) is 0 Å². The van der Waals surface area contributed by atoms with Crippen LogP contribution < -0.4 is 10.5 Å². The average molecular weight is 260 g/mol. The Kier molecular flexibility index (Phi) is 4.44. The summed E-state index contributed by atoms with van der Waals surface area (Å²) in [5, 5.41) is -0.150. The van der Waals surface area contributed by atoms with Gasteiger partial charge < -0.3 is 5.73 Å². The van der Waals surface area contributed by atoms with E-state index in [-0.39, 0.29) is 11.3 Å². The van der Waals surface area contributed by atoms with Crippen LogP contribution in [0.25, 0.3) is 0 Å². The number of hydrogen-bond acceptors (Lipinski definition) is 3. The predicted octanol–water partition coefficient (Wildman–Crippen LogP) is 1.37. The molecule has 3 N–H and O–H groups in total. The third-order valence-electron chi connectivity index (χ3n) is 4.27. The van der Waals surface area contributed by atoms with E-state index in [1.165, 1.54) is 6.42 Å². The number of nitrogens with two attached hydrogens (primary N) is 1. The van der Waals surface area contributed by atoms with Crippen LogP contribution in [0.15, 0.2) is 0 Å². The molecular weight excluding hydrogens is 236 g/mol. The Bertz CT molecular complexity index is 336. The van der Waals surface area contributed by atoms with Crippen molar-refractivity contribution in [3.8, 4) is 0 Å². The van der Waals surface area contributed by atoms with Crippen LogP contribution in [0.3, 0.4) is 0 Å². The normalized spacial score (nSPS) is 31.8. The summed E-state index contributed by atoms with van der Waals surface area (Å²) in [5.41, 5.74) is 5.73. The first-order valence-corrected chi connectivity index (χ1v) is 8.39. The van der Waals surface area contributed by atoms with E-state index in [0.717, 1.165) is 44.9 Å². The Balaban J connectivity index is 1.98. The Hall–Kier alpha value is -0.130. The van der Waals surface area contributed by atoms with E-state index in [2.05, 4.69) is 4.72 Å². The summed E-state index contributed by atoms with van der Waals surface area (Å²) in [6, 6.07) is 0.0827. The highest BCUT2D eigenvalue weighted by Crippen LogP contribution is 2.28. The largest absolute Gasteiger partial charge is 0.330 e. The van der Waals surface area contributed by atoms with Crippen LogP contribution in [0.2, 0.25) is 0 Å². The van der Waals surface area contributed by atoms with E-state index in [9.17, 15) is 8.42 Å². The fourth-order valence-electron chi connectivity index (χ4n) is 3.15. The minimum absolute atomic E-state index is 0.0827. The topological polar surface area (TPSA) is 72.2 Å². The molecule has 0 aromatic rings. The second-order valence-corrected chi connectivity index (χ2v) is 7.45. The molecule has 2 fully saturated rings. The maximum Gasteiger partial charge on any atom is 0.214 e. The molecule has 4 nitrogen and oxygen atoms in total. The first kappa shape index (κ1) is 13.3.